The fraction of sp³-hybridized carbons (Fsp3) is 0.341. The Morgan fingerprint density at radius 1 is 0.895 bits per heavy atom. The van der Waals surface area contributed by atoms with E-state index in [-0.39, 0.29) is 36.6 Å². The number of aromatic nitrogens is 4. The van der Waals surface area contributed by atoms with Crippen molar-refractivity contribution in [1.82, 2.24) is 35.1 Å². The van der Waals surface area contributed by atoms with Crippen molar-refractivity contribution < 1.29 is 23.9 Å². The maximum Gasteiger partial charge on any atom is 0.410 e. The molecule has 0 bridgehead atoms. The first-order valence-corrected chi connectivity index (χ1v) is 23.1. The van der Waals surface area contributed by atoms with Gasteiger partial charge in [-0.1, -0.05) is 99.7 Å². The zero-order chi connectivity index (χ0) is 39.8. The number of methoxy groups -OCH3 is 1. The second-order valence-corrected chi connectivity index (χ2v) is 21.4. The SMILES string of the molecule is COC(=O)NC(C(=O)N1C[Si](C)(C)CC1c1nc2c(ccc3cc(-c4ccc(-c5cnc(C6CCCN6C(=O)OCc6ccccc6)[nH]5)cc4)ccc32)[nH]1)C(C)C. The van der Waals surface area contributed by atoms with Crippen molar-refractivity contribution in [2.24, 2.45) is 5.92 Å². The molecule has 57 heavy (non-hydrogen) atoms. The van der Waals surface area contributed by atoms with E-state index in [2.05, 4.69) is 88.0 Å². The van der Waals surface area contributed by atoms with Crippen LogP contribution in [0, 0.1) is 5.92 Å². The van der Waals surface area contributed by atoms with Gasteiger partial charge in [0, 0.05) is 18.1 Å². The van der Waals surface area contributed by atoms with Crippen molar-refractivity contribution in [3.8, 4) is 22.4 Å². The molecule has 0 radical (unpaired) electrons. The van der Waals surface area contributed by atoms with Crippen molar-refractivity contribution in [2.45, 2.75) is 70.6 Å². The van der Waals surface area contributed by atoms with Gasteiger partial charge >= 0.3 is 12.2 Å². The zero-order valence-corrected chi connectivity index (χ0v) is 34.0. The molecule has 4 aromatic carbocycles. The van der Waals surface area contributed by atoms with E-state index in [0.29, 0.717) is 12.7 Å². The summed E-state index contributed by atoms with van der Waals surface area (Å²) in [6.45, 7) is 9.32. The van der Waals surface area contributed by atoms with Crippen molar-refractivity contribution in [2.75, 3.05) is 19.8 Å². The quantitative estimate of drug-likeness (QED) is 0.124. The Morgan fingerprint density at radius 3 is 2.40 bits per heavy atom. The van der Waals surface area contributed by atoms with Gasteiger partial charge in [-0.2, -0.15) is 0 Å². The summed E-state index contributed by atoms with van der Waals surface area (Å²) in [5.74, 6) is 1.32. The molecule has 2 aromatic heterocycles. The summed E-state index contributed by atoms with van der Waals surface area (Å²) in [7, 11) is -0.454. The first-order chi connectivity index (χ1) is 27.5. The molecule has 3 amide bonds. The number of carbonyl (C=O) groups excluding carboxylic acids is 3. The molecule has 4 heterocycles. The fourth-order valence-electron chi connectivity index (χ4n) is 8.35. The molecule has 8 rings (SSSR count). The molecule has 0 aliphatic carbocycles. The molecule has 12 nitrogen and oxygen atoms in total. The smallest absolute Gasteiger partial charge is 0.410 e. The lowest BCUT2D eigenvalue weighted by Gasteiger charge is -2.30. The number of amides is 3. The molecule has 2 aliphatic rings. The molecular formula is C44H49N7O5Si. The highest BCUT2D eigenvalue weighted by atomic mass is 28.3. The van der Waals surface area contributed by atoms with Gasteiger partial charge in [-0.3, -0.25) is 9.69 Å². The molecule has 2 saturated heterocycles. The van der Waals surface area contributed by atoms with Gasteiger partial charge in [0.25, 0.3) is 0 Å². The molecule has 0 saturated carbocycles. The number of nitrogens with one attached hydrogen (secondary N) is 3. The van der Waals surface area contributed by atoms with E-state index in [0.717, 1.165) is 80.3 Å². The van der Waals surface area contributed by atoms with Crippen LogP contribution in [0.4, 0.5) is 9.59 Å². The summed E-state index contributed by atoms with van der Waals surface area (Å²) in [5.41, 5.74) is 6.82. The van der Waals surface area contributed by atoms with Crippen LogP contribution in [-0.4, -0.2) is 81.8 Å². The molecule has 294 valence electrons. The third-order valence-corrected chi connectivity index (χ3v) is 14.0. The van der Waals surface area contributed by atoms with Gasteiger partial charge < -0.3 is 29.7 Å². The van der Waals surface area contributed by atoms with E-state index in [9.17, 15) is 14.4 Å². The van der Waals surface area contributed by atoms with Gasteiger partial charge in [0.1, 0.15) is 24.3 Å². The molecule has 2 fully saturated rings. The molecule has 2 aliphatic heterocycles. The number of imidazole rings is 2. The predicted octanol–water partition coefficient (Wildman–Crippen LogP) is 8.76. The number of rotatable bonds is 9. The summed E-state index contributed by atoms with van der Waals surface area (Å²) in [6, 6.07) is 28.5. The van der Waals surface area contributed by atoms with E-state index in [1.807, 2.05) is 55.3 Å². The van der Waals surface area contributed by atoms with Crippen LogP contribution in [0.1, 0.15) is 56.0 Å². The van der Waals surface area contributed by atoms with E-state index in [1.54, 1.807) is 4.90 Å². The van der Waals surface area contributed by atoms with E-state index >= 15 is 0 Å². The highest BCUT2D eigenvalue weighted by Crippen LogP contribution is 2.39. The number of nitrogens with zero attached hydrogens (tertiary/aromatic N) is 4. The van der Waals surface area contributed by atoms with Crippen LogP contribution in [0.3, 0.4) is 0 Å². The van der Waals surface area contributed by atoms with Crippen LogP contribution in [0.25, 0.3) is 44.2 Å². The van der Waals surface area contributed by atoms with Crippen LogP contribution in [-0.2, 0) is 20.9 Å². The van der Waals surface area contributed by atoms with Gasteiger partial charge in [-0.25, -0.2) is 19.6 Å². The van der Waals surface area contributed by atoms with Crippen molar-refractivity contribution in [3.05, 3.63) is 108 Å². The number of aromatic amines is 2. The third kappa shape index (κ3) is 7.76. The lowest BCUT2D eigenvalue weighted by molar-refractivity contribution is -0.135. The highest BCUT2D eigenvalue weighted by molar-refractivity contribution is 6.78. The van der Waals surface area contributed by atoms with Crippen LogP contribution in [0.15, 0.2) is 91.1 Å². The normalized spacial score (nSPS) is 18.4. The van der Waals surface area contributed by atoms with Gasteiger partial charge in [-0.05, 0) is 64.6 Å². The third-order valence-electron chi connectivity index (χ3n) is 11.3. The van der Waals surface area contributed by atoms with E-state index < -0.39 is 20.2 Å². The van der Waals surface area contributed by atoms with Gasteiger partial charge in [0.2, 0.25) is 5.91 Å². The van der Waals surface area contributed by atoms with E-state index in [1.165, 1.54) is 7.11 Å². The minimum absolute atomic E-state index is 0.107. The Kier molecular flexibility index (Phi) is 10.3. The van der Waals surface area contributed by atoms with Crippen LogP contribution < -0.4 is 5.32 Å². The summed E-state index contributed by atoms with van der Waals surface area (Å²) < 4.78 is 10.5. The summed E-state index contributed by atoms with van der Waals surface area (Å²) in [6.07, 6.45) is 3.31. The molecule has 3 atom stereocenters. The van der Waals surface area contributed by atoms with E-state index in [4.69, 9.17) is 14.5 Å². The number of H-pyrrole nitrogens is 2. The maximum atomic E-state index is 14.0. The number of benzene rings is 4. The molecule has 3 unspecified atom stereocenters. The Hall–Kier alpha value is -5.95. The maximum absolute atomic E-state index is 14.0. The Labute approximate surface area is 333 Å². The zero-order valence-electron chi connectivity index (χ0n) is 33.0. The molecule has 13 heteroatoms. The monoisotopic (exact) mass is 783 g/mol. The standard InChI is InChI=1S/C44H49N7O5Si/c1-27(2)38(49-43(53)55-3)42(52)51-26-57(4,5)25-37(51)41-46-34-20-18-32-22-31(17-19-33(32)39(34)48-41)29-13-15-30(16-14-29)35-23-45-40(47-35)36-12-9-21-50(36)44(54)56-24-28-10-7-6-8-11-28/h6-8,10-11,13-20,22-23,27,36-38H,9,12,21,24-26H2,1-5H3,(H,45,47)(H,46,48)(H,49,53). The first kappa shape index (κ1) is 37.9. The number of alkyl carbamates (subject to hydrolysis) is 1. The number of likely N-dealkylation sites (tertiary alicyclic amines) is 1. The van der Waals surface area contributed by atoms with Crippen molar-refractivity contribution in [3.63, 3.8) is 0 Å². The number of fused-ring (bicyclic) bond motifs is 3. The number of hydrogen-bond donors (Lipinski definition) is 3. The molecule has 3 N–H and O–H groups in total. The summed E-state index contributed by atoms with van der Waals surface area (Å²) in [4.78, 5) is 59.7. The van der Waals surface area contributed by atoms with Crippen molar-refractivity contribution >= 4 is 48.0 Å². The molecule has 6 aromatic rings. The second kappa shape index (κ2) is 15.5. The number of ether oxygens (including phenoxy) is 2. The Balaban J connectivity index is 0.984. The minimum Gasteiger partial charge on any atom is -0.453 e. The predicted molar refractivity (Wildman–Crippen MR) is 223 cm³/mol. The summed E-state index contributed by atoms with van der Waals surface area (Å²) >= 11 is 0. The lowest BCUT2D eigenvalue weighted by atomic mass is 9.99. The fourth-order valence-corrected chi connectivity index (χ4v) is 11.2. The van der Waals surface area contributed by atoms with Crippen molar-refractivity contribution in [1.29, 1.82) is 0 Å². The lowest BCUT2D eigenvalue weighted by Crippen LogP contribution is -2.52. The summed E-state index contributed by atoms with van der Waals surface area (Å²) in [5, 5.41) is 4.86. The topological polar surface area (TPSA) is 146 Å². The average molecular weight is 784 g/mol. The minimum atomic E-state index is -1.76. The second-order valence-electron chi connectivity index (χ2n) is 16.4. The van der Waals surface area contributed by atoms with Crippen LogP contribution in [0.5, 0.6) is 0 Å². The van der Waals surface area contributed by atoms with Gasteiger partial charge in [-0.15, -0.1) is 0 Å². The average Bonchev–Trinajstić information content (AvgIpc) is 4.04. The number of hydrogen-bond acceptors (Lipinski definition) is 7. The largest absolute Gasteiger partial charge is 0.453 e. The molecule has 0 spiro atoms. The first-order valence-electron chi connectivity index (χ1n) is 19.7. The number of carbonyl (C=O) groups is 3. The van der Waals surface area contributed by atoms with Crippen LogP contribution in [0.2, 0.25) is 19.1 Å². The highest BCUT2D eigenvalue weighted by Gasteiger charge is 2.46. The Bertz CT molecular complexity index is 2430. The molecular weight excluding hydrogens is 735 g/mol. The van der Waals surface area contributed by atoms with Crippen LogP contribution >= 0.6 is 0 Å². The van der Waals surface area contributed by atoms with Gasteiger partial charge in [0.05, 0.1) is 50.2 Å². The van der Waals surface area contributed by atoms with Gasteiger partial charge in [0.15, 0.2) is 0 Å². The Morgan fingerprint density at radius 2 is 1.65 bits per heavy atom.